The number of benzene rings is 3. The fourth-order valence-electron chi connectivity index (χ4n) is 2.75. The molecular formula is C22H20ClN3O4S. The van der Waals surface area contributed by atoms with E-state index in [9.17, 15) is 9.59 Å². The van der Waals surface area contributed by atoms with E-state index in [0.717, 1.165) is 4.31 Å². The average molecular weight is 458 g/mol. The molecule has 0 radical (unpaired) electrons. The maximum absolute atomic E-state index is 12.5. The zero-order chi connectivity index (χ0) is 22.4. The van der Waals surface area contributed by atoms with E-state index < -0.39 is 6.03 Å². The number of hydrogen-bond donors (Lipinski definition) is 3. The first-order chi connectivity index (χ1) is 14.9. The molecule has 160 valence electrons. The molecule has 0 saturated heterocycles. The highest BCUT2D eigenvalue weighted by Crippen LogP contribution is 2.28. The Kier molecular flexibility index (Phi) is 7.28. The van der Waals surface area contributed by atoms with Crippen molar-refractivity contribution in [2.24, 2.45) is 0 Å². The SMILES string of the molecule is COc1ccc(NC(=O)N(S)c2ccc(NC(=O)c3ccccc3OC)cc2)cc1Cl. The van der Waals surface area contributed by atoms with Crippen LogP contribution in [0.4, 0.5) is 21.9 Å². The number of nitrogens with one attached hydrogen (secondary N) is 2. The van der Waals surface area contributed by atoms with E-state index in [-0.39, 0.29) is 5.91 Å². The molecule has 0 heterocycles. The van der Waals surface area contributed by atoms with E-state index in [1.807, 2.05) is 0 Å². The molecule has 9 heteroatoms. The lowest BCUT2D eigenvalue weighted by Gasteiger charge is -2.17. The van der Waals surface area contributed by atoms with Crippen molar-refractivity contribution in [3.63, 3.8) is 0 Å². The Morgan fingerprint density at radius 1 is 0.871 bits per heavy atom. The number of carbonyl (C=O) groups is 2. The summed E-state index contributed by atoms with van der Waals surface area (Å²) in [6.45, 7) is 0. The third kappa shape index (κ3) is 5.42. The summed E-state index contributed by atoms with van der Waals surface area (Å²) in [5.74, 6) is 0.684. The average Bonchev–Trinajstić information content (AvgIpc) is 2.79. The molecule has 31 heavy (non-hydrogen) atoms. The summed E-state index contributed by atoms with van der Waals surface area (Å²) < 4.78 is 11.5. The highest BCUT2D eigenvalue weighted by atomic mass is 35.5. The maximum Gasteiger partial charge on any atom is 0.336 e. The molecule has 0 spiro atoms. The molecule has 3 aromatic rings. The highest BCUT2D eigenvalue weighted by Gasteiger charge is 2.15. The Morgan fingerprint density at radius 3 is 2.16 bits per heavy atom. The van der Waals surface area contributed by atoms with Gasteiger partial charge in [-0.1, -0.05) is 36.5 Å². The van der Waals surface area contributed by atoms with Gasteiger partial charge in [-0.15, -0.1) is 0 Å². The maximum atomic E-state index is 12.5. The van der Waals surface area contributed by atoms with Crippen molar-refractivity contribution in [2.45, 2.75) is 0 Å². The number of ether oxygens (including phenoxy) is 2. The molecule has 0 aliphatic carbocycles. The molecule has 0 bridgehead atoms. The first kappa shape index (κ1) is 22.3. The second-order valence-electron chi connectivity index (χ2n) is 6.29. The molecule has 3 aromatic carbocycles. The van der Waals surface area contributed by atoms with Gasteiger partial charge >= 0.3 is 6.03 Å². The molecule has 0 aromatic heterocycles. The van der Waals surface area contributed by atoms with E-state index in [0.29, 0.717) is 39.1 Å². The lowest BCUT2D eigenvalue weighted by molar-refractivity contribution is 0.102. The number of hydrogen-bond acceptors (Lipinski definition) is 5. The second-order valence-corrected chi connectivity index (χ2v) is 7.10. The second kappa shape index (κ2) is 10.1. The number of halogens is 1. The van der Waals surface area contributed by atoms with Gasteiger partial charge in [0.25, 0.3) is 5.91 Å². The molecule has 3 rings (SSSR count). The minimum absolute atomic E-state index is 0.304. The largest absolute Gasteiger partial charge is 0.496 e. The summed E-state index contributed by atoms with van der Waals surface area (Å²) in [6, 6.07) is 18.0. The number of urea groups is 1. The molecular weight excluding hydrogens is 438 g/mol. The summed E-state index contributed by atoms with van der Waals surface area (Å²) in [5, 5.41) is 5.87. The van der Waals surface area contributed by atoms with Gasteiger partial charge in [0.1, 0.15) is 11.5 Å². The number of thiol groups is 1. The lowest BCUT2D eigenvalue weighted by atomic mass is 10.2. The van der Waals surface area contributed by atoms with E-state index in [1.54, 1.807) is 66.7 Å². The Balaban J connectivity index is 1.65. The van der Waals surface area contributed by atoms with Crippen LogP contribution in [0.3, 0.4) is 0 Å². The van der Waals surface area contributed by atoms with E-state index >= 15 is 0 Å². The van der Waals surface area contributed by atoms with Crippen molar-refractivity contribution in [1.29, 1.82) is 0 Å². The third-order valence-corrected chi connectivity index (χ3v) is 5.02. The highest BCUT2D eigenvalue weighted by molar-refractivity contribution is 7.82. The van der Waals surface area contributed by atoms with Gasteiger partial charge in [0.2, 0.25) is 0 Å². The number of rotatable bonds is 6. The molecule has 0 unspecified atom stereocenters. The van der Waals surface area contributed by atoms with Crippen molar-refractivity contribution < 1.29 is 19.1 Å². The van der Waals surface area contributed by atoms with E-state index in [2.05, 4.69) is 23.4 Å². The van der Waals surface area contributed by atoms with Gasteiger partial charge in [-0.3, -0.25) is 4.79 Å². The number of para-hydroxylation sites is 1. The smallest absolute Gasteiger partial charge is 0.336 e. The van der Waals surface area contributed by atoms with E-state index in [4.69, 9.17) is 21.1 Å². The standard InChI is InChI=1S/C22H20ClN3O4S/c1-29-19-6-4-3-5-17(19)21(27)24-14-7-10-16(11-8-14)26(31)22(28)25-15-9-12-20(30-2)18(23)13-15/h3-13,31H,1-2H3,(H,24,27)(H,25,28). The first-order valence-electron chi connectivity index (χ1n) is 9.11. The third-order valence-electron chi connectivity index (χ3n) is 4.32. The zero-order valence-electron chi connectivity index (χ0n) is 16.8. The predicted molar refractivity (Wildman–Crippen MR) is 126 cm³/mol. The topological polar surface area (TPSA) is 79.9 Å². The van der Waals surface area contributed by atoms with Crippen LogP contribution < -0.4 is 24.4 Å². The fourth-order valence-corrected chi connectivity index (χ4v) is 3.20. The quantitative estimate of drug-likeness (QED) is 0.427. The number of carbonyl (C=O) groups excluding carboxylic acids is 2. The van der Waals surface area contributed by atoms with E-state index in [1.165, 1.54) is 14.2 Å². The number of amides is 3. The van der Waals surface area contributed by atoms with Gasteiger partial charge in [-0.2, -0.15) is 0 Å². The molecule has 7 nitrogen and oxygen atoms in total. The van der Waals surface area contributed by atoms with Gasteiger partial charge in [0, 0.05) is 11.4 Å². The van der Waals surface area contributed by atoms with Crippen LogP contribution in [-0.4, -0.2) is 26.2 Å². The Hall–Kier alpha value is -3.36. The fraction of sp³-hybridized carbons (Fsp3) is 0.0909. The van der Waals surface area contributed by atoms with Crippen molar-refractivity contribution in [1.82, 2.24) is 0 Å². The molecule has 2 N–H and O–H groups in total. The summed E-state index contributed by atoms with van der Waals surface area (Å²) in [6.07, 6.45) is 0. The minimum Gasteiger partial charge on any atom is -0.496 e. The summed E-state index contributed by atoms with van der Waals surface area (Å²) in [5.41, 5.74) is 1.98. The Labute approximate surface area is 190 Å². The molecule has 0 fully saturated rings. The van der Waals surface area contributed by atoms with Crippen LogP contribution in [0.25, 0.3) is 0 Å². The summed E-state index contributed by atoms with van der Waals surface area (Å²) >= 11 is 10.3. The lowest BCUT2D eigenvalue weighted by Crippen LogP contribution is -2.26. The van der Waals surface area contributed by atoms with Gasteiger partial charge < -0.3 is 20.1 Å². The van der Waals surface area contributed by atoms with Crippen LogP contribution in [0.2, 0.25) is 5.02 Å². The summed E-state index contributed by atoms with van der Waals surface area (Å²) in [4.78, 5) is 25.0. The zero-order valence-corrected chi connectivity index (χ0v) is 18.4. The Bertz CT molecular complexity index is 1090. The monoisotopic (exact) mass is 457 g/mol. The van der Waals surface area contributed by atoms with Gasteiger partial charge in [-0.25, -0.2) is 9.10 Å². The number of methoxy groups -OCH3 is 2. The molecule has 0 aliphatic heterocycles. The Morgan fingerprint density at radius 2 is 1.52 bits per heavy atom. The van der Waals surface area contributed by atoms with Crippen LogP contribution in [0.15, 0.2) is 66.7 Å². The molecule has 0 saturated carbocycles. The van der Waals surface area contributed by atoms with Crippen LogP contribution in [0, 0.1) is 0 Å². The van der Waals surface area contributed by atoms with Crippen LogP contribution in [-0.2, 0) is 0 Å². The minimum atomic E-state index is -0.477. The van der Waals surface area contributed by atoms with Crippen molar-refractivity contribution in [3.05, 3.63) is 77.3 Å². The normalized spacial score (nSPS) is 10.2. The first-order valence-corrected chi connectivity index (χ1v) is 9.88. The molecule has 0 aliphatic rings. The van der Waals surface area contributed by atoms with Crippen molar-refractivity contribution in [3.8, 4) is 11.5 Å². The number of nitrogens with zero attached hydrogens (tertiary/aromatic N) is 1. The molecule has 3 amide bonds. The van der Waals surface area contributed by atoms with Gasteiger partial charge in [-0.05, 0) is 54.6 Å². The van der Waals surface area contributed by atoms with Gasteiger partial charge in [0.15, 0.2) is 0 Å². The van der Waals surface area contributed by atoms with Gasteiger partial charge in [0.05, 0.1) is 30.5 Å². The van der Waals surface area contributed by atoms with Crippen molar-refractivity contribution >= 4 is 53.4 Å². The van der Waals surface area contributed by atoms with Crippen LogP contribution in [0.5, 0.6) is 11.5 Å². The molecule has 0 atom stereocenters. The van der Waals surface area contributed by atoms with Crippen molar-refractivity contribution in [2.75, 3.05) is 29.2 Å². The van der Waals surface area contributed by atoms with Crippen LogP contribution >= 0.6 is 24.4 Å². The summed E-state index contributed by atoms with van der Waals surface area (Å²) in [7, 11) is 3.02. The van der Waals surface area contributed by atoms with Crippen LogP contribution in [0.1, 0.15) is 10.4 Å². The predicted octanol–water partition coefficient (Wildman–Crippen LogP) is 5.49. The number of anilines is 3.